The van der Waals surface area contributed by atoms with E-state index in [0.29, 0.717) is 17.8 Å². The number of urea groups is 1. The van der Waals surface area contributed by atoms with Crippen molar-refractivity contribution in [2.75, 3.05) is 6.54 Å². The van der Waals surface area contributed by atoms with Crippen LogP contribution < -0.4 is 10.6 Å². The molecule has 0 radical (unpaired) electrons. The molecule has 1 unspecified atom stereocenters. The van der Waals surface area contributed by atoms with Gasteiger partial charge >= 0.3 is 12.0 Å². The molecular weight excluding hydrogens is 268 g/mol. The van der Waals surface area contributed by atoms with Crippen LogP contribution in [0.3, 0.4) is 0 Å². The second kappa shape index (κ2) is 7.66. The van der Waals surface area contributed by atoms with Crippen molar-refractivity contribution in [2.24, 2.45) is 17.3 Å². The number of hydrogen-bond acceptors (Lipinski definition) is 2. The van der Waals surface area contributed by atoms with Gasteiger partial charge in [0.2, 0.25) is 0 Å². The Balaban J connectivity index is 2.31. The van der Waals surface area contributed by atoms with Crippen molar-refractivity contribution in [2.45, 2.75) is 65.8 Å². The maximum atomic E-state index is 11.9. The Morgan fingerprint density at radius 1 is 1.24 bits per heavy atom. The third kappa shape index (κ3) is 6.82. The molecule has 0 aliphatic heterocycles. The van der Waals surface area contributed by atoms with Crippen LogP contribution in [0.4, 0.5) is 4.79 Å². The normalized spacial score (nSPS) is 20.0. The number of carboxylic acid groups (broad SMARTS) is 1. The minimum atomic E-state index is -0.844. The van der Waals surface area contributed by atoms with Crippen LogP contribution in [0.1, 0.15) is 59.8 Å². The van der Waals surface area contributed by atoms with Gasteiger partial charge in [-0.1, -0.05) is 27.7 Å². The summed E-state index contributed by atoms with van der Waals surface area (Å²) in [5, 5.41) is 14.8. The van der Waals surface area contributed by atoms with Crippen molar-refractivity contribution in [3.63, 3.8) is 0 Å². The third-order valence-electron chi connectivity index (χ3n) is 4.29. The Hall–Kier alpha value is -1.26. The molecular formula is C16H30N2O3. The van der Waals surface area contributed by atoms with Crippen LogP contribution in [0, 0.1) is 17.3 Å². The first kappa shape index (κ1) is 17.8. The summed E-state index contributed by atoms with van der Waals surface area (Å²) in [6.07, 6.45) is 4.79. The molecule has 5 nitrogen and oxygen atoms in total. The fourth-order valence-corrected chi connectivity index (χ4v) is 2.84. The summed E-state index contributed by atoms with van der Waals surface area (Å²) in [5.41, 5.74) is 0.375. The van der Waals surface area contributed by atoms with Gasteiger partial charge in [-0.05, 0) is 43.4 Å². The van der Waals surface area contributed by atoms with Crippen LogP contribution in [0.15, 0.2) is 0 Å². The van der Waals surface area contributed by atoms with E-state index in [0.717, 1.165) is 25.7 Å². The quantitative estimate of drug-likeness (QED) is 0.705. The smallest absolute Gasteiger partial charge is 0.315 e. The highest BCUT2D eigenvalue weighted by molar-refractivity contribution is 5.76. The van der Waals surface area contributed by atoms with Crippen LogP contribution in [0.2, 0.25) is 0 Å². The van der Waals surface area contributed by atoms with Crippen LogP contribution in [0.5, 0.6) is 0 Å². The zero-order valence-corrected chi connectivity index (χ0v) is 13.7. The highest BCUT2D eigenvalue weighted by Gasteiger charge is 2.27. The van der Waals surface area contributed by atoms with E-state index >= 15 is 0 Å². The average molecular weight is 298 g/mol. The number of hydrogen-bond donors (Lipinski definition) is 3. The van der Waals surface area contributed by atoms with Gasteiger partial charge in [0.25, 0.3) is 0 Å². The van der Waals surface area contributed by atoms with Crippen LogP contribution >= 0.6 is 0 Å². The number of carboxylic acids is 1. The van der Waals surface area contributed by atoms with Gasteiger partial charge in [0.1, 0.15) is 0 Å². The molecule has 2 amide bonds. The second-order valence-corrected chi connectivity index (χ2v) is 7.46. The van der Waals surface area contributed by atoms with Gasteiger partial charge in [0.05, 0.1) is 5.92 Å². The lowest BCUT2D eigenvalue weighted by Gasteiger charge is -2.34. The zero-order chi connectivity index (χ0) is 16.0. The molecule has 0 saturated heterocycles. The standard InChI is InChI=1S/C16H30N2O3/c1-11(2)9-12(14(19)20)10-17-15(21)18-13-5-7-16(3,4)8-6-13/h11-13H,5-10H2,1-4H3,(H,19,20)(H2,17,18,21). The summed E-state index contributed by atoms with van der Waals surface area (Å²) in [4.78, 5) is 23.0. The van der Waals surface area contributed by atoms with Gasteiger partial charge in [-0.25, -0.2) is 4.79 Å². The number of carbonyl (C=O) groups excluding carboxylic acids is 1. The Kier molecular flexibility index (Phi) is 6.49. The van der Waals surface area contributed by atoms with Gasteiger partial charge in [0, 0.05) is 12.6 Å². The summed E-state index contributed by atoms with van der Waals surface area (Å²) in [6.45, 7) is 8.68. The van der Waals surface area contributed by atoms with Gasteiger partial charge < -0.3 is 15.7 Å². The highest BCUT2D eigenvalue weighted by atomic mass is 16.4. The molecule has 1 rings (SSSR count). The molecule has 0 heterocycles. The molecule has 21 heavy (non-hydrogen) atoms. The summed E-state index contributed by atoms with van der Waals surface area (Å²) >= 11 is 0. The molecule has 1 aliphatic rings. The molecule has 0 aromatic rings. The van der Waals surface area contributed by atoms with E-state index < -0.39 is 11.9 Å². The van der Waals surface area contributed by atoms with Gasteiger partial charge in [-0.2, -0.15) is 0 Å². The zero-order valence-electron chi connectivity index (χ0n) is 13.7. The molecule has 0 bridgehead atoms. The van der Waals surface area contributed by atoms with E-state index in [1.54, 1.807) is 0 Å². The molecule has 1 aliphatic carbocycles. The average Bonchev–Trinajstić information content (AvgIpc) is 2.36. The molecule has 122 valence electrons. The SMILES string of the molecule is CC(C)CC(CNC(=O)NC1CCC(C)(C)CC1)C(=O)O. The van der Waals surface area contributed by atoms with E-state index in [-0.39, 0.29) is 18.6 Å². The van der Waals surface area contributed by atoms with Crippen LogP contribution in [-0.2, 0) is 4.79 Å². The minimum Gasteiger partial charge on any atom is -0.481 e. The molecule has 1 fully saturated rings. The van der Waals surface area contributed by atoms with E-state index in [4.69, 9.17) is 5.11 Å². The van der Waals surface area contributed by atoms with Crippen LogP contribution in [-0.4, -0.2) is 29.7 Å². The number of carbonyl (C=O) groups is 2. The Labute approximate surface area is 127 Å². The first-order valence-electron chi connectivity index (χ1n) is 7.97. The number of amides is 2. The number of rotatable bonds is 6. The minimum absolute atomic E-state index is 0.192. The summed E-state index contributed by atoms with van der Waals surface area (Å²) in [5.74, 6) is -1.05. The van der Waals surface area contributed by atoms with Gasteiger partial charge in [-0.3, -0.25) is 4.79 Å². The Morgan fingerprint density at radius 2 is 1.81 bits per heavy atom. The first-order valence-corrected chi connectivity index (χ1v) is 7.97. The summed E-state index contributed by atoms with van der Waals surface area (Å²) in [6, 6.07) is -0.0267. The molecule has 0 aromatic carbocycles. The fraction of sp³-hybridized carbons (Fsp3) is 0.875. The van der Waals surface area contributed by atoms with Crippen molar-refractivity contribution < 1.29 is 14.7 Å². The molecule has 3 N–H and O–H groups in total. The van der Waals surface area contributed by atoms with Gasteiger partial charge in [0.15, 0.2) is 0 Å². The topological polar surface area (TPSA) is 78.4 Å². The molecule has 0 aromatic heterocycles. The maximum absolute atomic E-state index is 11.9. The van der Waals surface area contributed by atoms with Crippen molar-refractivity contribution in [1.29, 1.82) is 0 Å². The maximum Gasteiger partial charge on any atom is 0.315 e. The third-order valence-corrected chi connectivity index (χ3v) is 4.29. The lowest BCUT2D eigenvalue weighted by molar-refractivity contribution is -0.142. The first-order chi connectivity index (χ1) is 9.69. The Morgan fingerprint density at radius 3 is 2.29 bits per heavy atom. The predicted molar refractivity (Wildman–Crippen MR) is 83.2 cm³/mol. The van der Waals surface area contributed by atoms with E-state index in [1.165, 1.54) is 0 Å². The molecule has 1 saturated carbocycles. The molecule has 5 heteroatoms. The van der Waals surface area contributed by atoms with E-state index in [2.05, 4.69) is 24.5 Å². The Bertz CT molecular complexity index is 357. The molecule has 0 spiro atoms. The van der Waals surface area contributed by atoms with Crippen molar-refractivity contribution in [3.05, 3.63) is 0 Å². The fourth-order valence-electron chi connectivity index (χ4n) is 2.84. The van der Waals surface area contributed by atoms with Crippen molar-refractivity contribution in [1.82, 2.24) is 10.6 Å². The van der Waals surface area contributed by atoms with Crippen molar-refractivity contribution >= 4 is 12.0 Å². The van der Waals surface area contributed by atoms with Crippen LogP contribution in [0.25, 0.3) is 0 Å². The summed E-state index contributed by atoms with van der Waals surface area (Å²) < 4.78 is 0. The van der Waals surface area contributed by atoms with E-state index in [1.807, 2.05) is 13.8 Å². The molecule has 1 atom stereocenters. The largest absolute Gasteiger partial charge is 0.481 e. The highest BCUT2D eigenvalue weighted by Crippen LogP contribution is 2.34. The summed E-state index contributed by atoms with van der Waals surface area (Å²) in [7, 11) is 0. The number of aliphatic carboxylic acids is 1. The monoisotopic (exact) mass is 298 g/mol. The second-order valence-electron chi connectivity index (χ2n) is 7.46. The lowest BCUT2D eigenvalue weighted by atomic mass is 9.76. The van der Waals surface area contributed by atoms with Crippen molar-refractivity contribution in [3.8, 4) is 0 Å². The lowest BCUT2D eigenvalue weighted by Crippen LogP contribution is -2.46. The van der Waals surface area contributed by atoms with Gasteiger partial charge in [-0.15, -0.1) is 0 Å². The predicted octanol–water partition coefficient (Wildman–Crippen LogP) is 3.00. The van der Waals surface area contributed by atoms with E-state index in [9.17, 15) is 9.59 Å². The number of nitrogens with one attached hydrogen (secondary N) is 2.